The first kappa shape index (κ1) is 19.2. The number of aromatic nitrogens is 3. The summed E-state index contributed by atoms with van der Waals surface area (Å²) in [4.78, 5) is 22.4. The lowest BCUT2D eigenvalue weighted by Gasteiger charge is -2.12. The van der Waals surface area contributed by atoms with Crippen molar-refractivity contribution in [3.8, 4) is 0 Å². The third-order valence-electron chi connectivity index (χ3n) is 3.33. The van der Waals surface area contributed by atoms with Gasteiger partial charge in [-0.25, -0.2) is 0 Å². The zero-order valence-electron chi connectivity index (χ0n) is 14.0. The van der Waals surface area contributed by atoms with Gasteiger partial charge in [-0.3, -0.25) is 14.9 Å². The SMILES string of the molecule is CCc1nnc(SCC(=O)Nc2cc([N+](=O)[O-])ccc2Cl)n1C(C)C. The van der Waals surface area contributed by atoms with Crippen LogP contribution >= 0.6 is 23.4 Å². The molecule has 0 spiro atoms. The fraction of sp³-hybridized carbons (Fsp3) is 0.400. The van der Waals surface area contributed by atoms with Crippen LogP contribution in [0.5, 0.6) is 0 Å². The highest BCUT2D eigenvalue weighted by Gasteiger charge is 2.16. The molecule has 25 heavy (non-hydrogen) atoms. The van der Waals surface area contributed by atoms with Crippen LogP contribution in [0.2, 0.25) is 5.02 Å². The summed E-state index contributed by atoms with van der Waals surface area (Å²) >= 11 is 7.24. The van der Waals surface area contributed by atoms with Gasteiger partial charge >= 0.3 is 0 Å². The molecule has 8 nitrogen and oxygen atoms in total. The lowest BCUT2D eigenvalue weighted by atomic mass is 10.3. The number of thioether (sulfide) groups is 1. The van der Waals surface area contributed by atoms with E-state index >= 15 is 0 Å². The fourth-order valence-electron chi connectivity index (χ4n) is 2.20. The molecule has 0 fully saturated rings. The van der Waals surface area contributed by atoms with Gasteiger partial charge in [-0.05, 0) is 19.9 Å². The Morgan fingerprint density at radius 3 is 2.76 bits per heavy atom. The monoisotopic (exact) mass is 383 g/mol. The number of aryl methyl sites for hydroxylation is 1. The summed E-state index contributed by atoms with van der Waals surface area (Å²) in [5, 5.41) is 22.6. The molecular weight excluding hydrogens is 366 g/mol. The van der Waals surface area contributed by atoms with Gasteiger partial charge in [0.05, 0.1) is 21.4 Å². The standard InChI is InChI=1S/C15H18ClN5O3S/c1-4-13-18-19-15(20(13)9(2)3)25-8-14(22)17-12-7-10(21(23)24)5-6-11(12)16/h5-7,9H,4,8H2,1-3H3,(H,17,22). The van der Waals surface area contributed by atoms with Crippen molar-refractivity contribution in [2.45, 2.75) is 38.4 Å². The molecule has 0 aliphatic carbocycles. The van der Waals surface area contributed by atoms with E-state index in [1.165, 1.54) is 30.0 Å². The van der Waals surface area contributed by atoms with Crippen molar-refractivity contribution >= 4 is 40.6 Å². The average molecular weight is 384 g/mol. The van der Waals surface area contributed by atoms with Crippen molar-refractivity contribution in [2.24, 2.45) is 0 Å². The van der Waals surface area contributed by atoms with E-state index in [-0.39, 0.29) is 34.1 Å². The van der Waals surface area contributed by atoms with Crippen LogP contribution in [0.4, 0.5) is 11.4 Å². The number of carbonyl (C=O) groups is 1. The number of anilines is 1. The molecule has 0 radical (unpaired) electrons. The predicted molar refractivity (Wildman–Crippen MR) is 97.2 cm³/mol. The molecule has 0 aliphatic rings. The molecule has 1 aromatic carbocycles. The van der Waals surface area contributed by atoms with E-state index in [2.05, 4.69) is 15.5 Å². The number of nitrogens with zero attached hydrogens (tertiary/aromatic N) is 4. The lowest BCUT2D eigenvalue weighted by molar-refractivity contribution is -0.384. The first-order valence-electron chi connectivity index (χ1n) is 7.63. The second-order valence-electron chi connectivity index (χ2n) is 5.47. The molecule has 0 atom stereocenters. The second-order valence-corrected chi connectivity index (χ2v) is 6.82. The Hall–Kier alpha value is -2.13. The Morgan fingerprint density at radius 1 is 1.44 bits per heavy atom. The molecule has 1 heterocycles. The number of nitro groups is 1. The average Bonchev–Trinajstić information content (AvgIpc) is 2.98. The first-order valence-corrected chi connectivity index (χ1v) is 9.00. The van der Waals surface area contributed by atoms with Crippen LogP contribution < -0.4 is 5.32 Å². The fourth-order valence-corrected chi connectivity index (χ4v) is 3.26. The van der Waals surface area contributed by atoms with Crippen LogP contribution in [-0.2, 0) is 11.2 Å². The number of benzene rings is 1. The zero-order valence-corrected chi connectivity index (χ0v) is 15.6. The van der Waals surface area contributed by atoms with Crippen LogP contribution in [-0.4, -0.2) is 31.3 Å². The van der Waals surface area contributed by atoms with Crippen molar-refractivity contribution < 1.29 is 9.72 Å². The van der Waals surface area contributed by atoms with Gasteiger partial charge in [-0.2, -0.15) is 0 Å². The third kappa shape index (κ3) is 4.70. The van der Waals surface area contributed by atoms with Crippen molar-refractivity contribution in [3.05, 3.63) is 39.2 Å². The van der Waals surface area contributed by atoms with E-state index < -0.39 is 4.92 Å². The molecule has 0 unspecified atom stereocenters. The number of amides is 1. The maximum absolute atomic E-state index is 12.2. The number of carbonyl (C=O) groups excluding carboxylic acids is 1. The van der Waals surface area contributed by atoms with Gasteiger partial charge in [-0.15, -0.1) is 10.2 Å². The van der Waals surface area contributed by atoms with Gasteiger partial charge in [-0.1, -0.05) is 30.3 Å². The van der Waals surface area contributed by atoms with E-state index in [4.69, 9.17) is 11.6 Å². The van der Waals surface area contributed by atoms with Crippen LogP contribution in [0.25, 0.3) is 0 Å². The molecule has 2 rings (SSSR count). The summed E-state index contributed by atoms with van der Waals surface area (Å²) in [5.41, 5.74) is 0.0699. The Kier molecular flexibility index (Phi) is 6.38. The summed E-state index contributed by atoms with van der Waals surface area (Å²) in [5.74, 6) is 0.622. The van der Waals surface area contributed by atoms with Gasteiger partial charge < -0.3 is 9.88 Å². The maximum Gasteiger partial charge on any atom is 0.271 e. The van der Waals surface area contributed by atoms with Gasteiger partial charge in [0.15, 0.2) is 5.16 Å². The second kappa shape index (κ2) is 8.30. The zero-order chi connectivity index (χ0) is 18.6. The summed E-state index contributed by atoms with van der Waals surface area (Å²) in [6.07, 6.45) is 0.751. The van der Waals surface area contributed by atoms with Crippen LogP contribution in [0.15, 0.2) is 23.4 Å². The normalized spacial score (nSPS) is 10.9. The minimum absolute atomic E-state index is 0.0909. The molecule has 1 aromatic heterocycles. The molecule has 0 saturated carbocycles. The minimum atomic E-state index is -0.544. The van der Waals surface area contributed by atoms with Gasteiger partial charge in [0, 0.05) is 24.6 Å². The van der Waals surface area contributed by atoms with Crippen LogP contribution in [0.3, 0.4) is 0 Å². The Labute approximate surface area is 154 Å². The molecule has 1 N–H and O–H groups in total. The number of halogens is 1. The summed E-state index contributed by atoms with van der Waals surface area (Å²) in [6.45, 7) is 6.04. The molecule has 2 aromatic rings. The number of nitrogens with one attached hydrogen (secondary N) is 1. The highest BCUT2D eigenvalue weighted by molar-refractivity contribution is 7.99. The highest BCUT2D eigenvalue weighted by atomic mass is 35.5. The van der Waals surface area contributed by atoms with E-state index in [0.29, 0.717) is 5.16 Å². The largest absolute Gasteiger partial charge is 0.324 e. The molecule has 0 aliphatic heterocycles. The number of nitro benzene ring substituents is 1. The van der Waals surface area contributed by atoms with E-state index in [9.17, 15) is 14.9 Å². The predicted octanol–water partition coefficient (Wildman–Crippen LogP) is 3.71. The van der Waals surface area contributed by atoms with Crippen LogP contribution in [0.1, 0.15) is 32.6 Å². The summed E-state index contributed by atoms with van der Waals surface area (Å²) in [7, 11) is 0. The third-order valence-corrected chi connectivity index (χ3v) is 4.61. The van der Waals surface area contributed by atoms with Crippen molar-refractivity contribution in [2.75, 3.05) is 11.1 Å². The Balaban J connectivity index is 2.06. The minimum Gasteiger partial charge on any atom is -0.324 e. The molecule has 0 bridgehead atoms. The lowest BCUT2D eigenvalue weighted by Crippen LogP contribution is -2.15. The number of non-ortho nitro benzene ring substituents is 1. The van der Waals surface area contributed by atoms with Gasteiger partial charge in [0.1, 0.15) is 5.82 Å². The highest BCUT2D eigenvalue weighted by Crippen LogP contribution is 2.27. The first-order chi connectivity index (χ1) is 11.8. The number of rotatable bonds is 7. The summed E-state index contributed by atoms with van der Waals surface area (Å²) in [6, 6.07) is 4.08. The molecule has 10 heteroatoms. The van der Waals surface area contributed by atoms with Crippen LogP contribution in [0, 0.1) is 10.1 Å². The van der Waals surface area contributed by atoms with Gasteiger partial charge in [0.2, 0.25) is 5.91 Å². The Morgan fingerprint density at radius 2 is 2.16 bits per heavy atom. The molecule has 0 saturated heterocycles. The van der Waals surface area contributed by atoms with Crippen molar-refractivity contribution in [1.82, 2.24) is 14.8 Å². The summed E-state index contributed by atoms with van der Waals surface area (Å²) < 4.78 is 1.98. The van der Waals surface area contributed by atoms with Crippen molar-refractivity contribution in [3.63, 3.8) is 0 Å². The Bertz CT molecular complexity index is 793. The smallest absolute Gasteiger partial charge is 0.271 e. The molecule has 134 valence electrons. The molecule has 1 amide bonds. The van der Waals surface area contributed by atoms with Crippen molar-refractivity contribution in [1.29, 1.82) is 0 Å². The quantitative estimate of drug-likeness (QED) is 0.444. The van der Waals surface area contributed by atoms with E-state index in [1.807, 2.05) is 25.3 Å². The van der Waals surface area contributed by atoms with E-state index in [0.717, 1.165) is 12.2 Å². The number of hydrogen-bond acceptors (Lipinski definition) is 6. The maximum atomic E-state index is 12.2. The molecular formula is C15H18ClN5O3S. The topological polar surface area (TPSA) is 103 Å². The number of hydrogen-bond donors (Lipinski definition) is 1. The van der Waals surface area contributed by atoms with Gasteiger partial charge in [0.25, 0.3) is 5.69 Å². The van der Waals surface area contributed by atoms with E-state index in [1.54, 1.807) is 0 Å².